The van der Waals surface area contributed by atoms with Gasteiger partial charge < -0.3 is 0 Å². The van der Waals surface area contributed by atoms with Crippen LogP contribution in [0.15, 0.2) is 77.7 Å². The van der Waals surface area contributed by atoms with Crippen molar-refractivity contribution >= 4 is 38.6 Å². The van der Waals surface area contributed by atoms with Crippen LogP contribution < -0.4 is 4.31 Å². The third-order valence-corrected chi connectivity index (χ3v) is 7.33. The number of rotatable bonds is 3. The summed E-state index contributed by atoms with van der Waals surface area (Å²) in [5.74, 6) is 0.437. The number of nitrogens with zero attached hydrogens (tertiary/aromatic N) is 3. The number of sulfonamides is 1. The summed E-state index contributed by atoms with van der Waals surface area (Å²) in [6.07, 6.45) is 0. The van der Waals surface area contributed by atoms with Gasteiger partial charge in [-0.2, -0.15) is 0 Å². The predicted octanol–water partition coefficient (Wildman–Crippen LogP) is 4.80. The van der Waals surface area contributed by atoms with E-state index in [1.807, 2.05) is 72.2 Å². The Kier molecular flexibility index (Phi) is 4.15. The van der Waals surface area contributed by atoms with Gasteiger partial charge in [0.2, 0.25) is 5.95 Å². The van der Waals surface area contributed by atoms with E-state index in [9.17, 15) is 8.42 Å². The summed E-state index contributed by atoms with van der Waals surface area (Å²) < 4.78 is 30.4. The van der Waals surface area contributed by atoms with Gasteiger partial charge in [0.05, 0.1) is 28.5 Å². The van der Waals surface area contributed by atoms with Crippen LogP contribution in [0.1, 0.15) is 17.2 Å². The predicted molar refractivity (Wildman–Crippen MR) is 115 cm³/mol. The molecule has 0 spiro atoms. The minimum absolute atomic E-state index is 0.185. The van der Waals surface area contributed by atoms with E-state index in [4.69, 9.17) is 11.6 Å². The Bertz CT molecular complexity index is 1310. The fraction of sp³-hybridized carbons (Fsp3) is 0.136. The first kappa shape index (κ1) is 18.2. The molecule has 0 unspecified atom stereocenters. The molecule has 3 aromatic carbocycles. The number of imidazole rings is 1. The van der Waals surface area contributed by atoms with E-state index in [1.54, 1.807) is 12.1 Å². The molecule has 7 heteroatoms. The zero-order valence-corrected chi connectivity index (χ0v) is 17.2. The Morgan fingerprint density at radius 3 is 2.38 bits per heavy atom. The summed E-state index contributed by atoms with van der Waals surface area (Å²) in [7, 11) is -3.74. The quantitative estimate of drug-likeness (QED) is 0.475. The van der Waals surface area contributed by atoms with Crippen molar-refractivity contribution in [1.29, 1.82) is 0 Å². The normalized spacial score (nSPS) is 16.3. The number of anilines is 1. The third kappa shape index (κ3) is 2.91. The average molecular weight is 424 g/mol. The number of hydrogen-bond donors (Lipinski definition) is 0. The van der Waals surface area contributed by atoms with E-state index in [0.29, 0.717) is 11.0 Å². The molecule has 29 heavy (non-hydrogen) atoms. The van der Waals surface area contributed by atoms with E-state index >= 15 is 0 Å². The molecule has 0 aliphatic carbocycles. The Balaban J connectivity index is 1.69. The molecular weight excluding hydrogens is 406 g/mol. The van der Waals surface area contributed by atoms with Gasteiger partial charge in [0.25, 0.3) is 10.0 Å². The summed E-state index contributed by atoms with van der Waals surface area (Å²) in [5, 5.41) is 0.645. The summed E-state index contributed by atoms with van der Waals surface area (Å²) >= 11 is 6.06. The monoisotopic (exact) mass is 423 g/mol. The van der Waals surface area contributed by atoms with Crippen molar-refractivity contribution in [3.8, 4) is 0 Å². The Labute approximate surface area is 174 Å². The van der Waals surface area contributed by atoms with E-state index in [1.165, 1.54) is 4.31 Å². The van der Waals surface area contributed by atoms with Crippen LogP contribution >= 0.6 is 11.6 Å². The van der Waals surface area contributed by atoms with Crippen molar-refractivity contribution in [3.63, 3.8) is 0 Å². The number of aromatic nitrogens is 2. The minimum atomic E-state index is -3.74. The second kappa shape index (κ2) is 6.61. The lowest BCUT2D eigenvalue weighted by Gasteiger charge is -2.18. The summed E-state index contributed by atoms with van der Waals surface area (Å²) in [4.78, 5) is 4.92. The smallest absolute Gasteiger partial charge is 0.266 e. The number of halogens is 1. The van der Waals surface area contributed by atoms with Crippen LogP contribution in [0, 0.1) is 6.92 Å². The summed E-state index contributed by atoms with van der Waals surface area (Å²) in [6.45, 7) is 2.22. The minimum Gasteiger partial charge on any atom is -0.300 e. The molecule has 0 saturated heterocycles. The molecule has 4 aromatic rings. The van der Waals surface area contributed by atoms with Crippen molar-refractivity contribution in [2.45, 2.75) is 17.9 Å². The van der Waals surface area contributed by atoms with Gasteiger partial charge in [0, 0.05) is 5.02 Å². The molecule has 0 bridgehead atoms. The van der Waals surface area contributed by atoms with Gasteiger partial charge in [-0.05, 0) is 48.9 Å². The van der Waals surface area contributed by atoms with Gasteiger partial charge in [0.15, 0.2) is 0 Å². The molecular formula is C22H18ClN3O2S. The van der Waals surface area contributed by atoms with Gasteiger partial charge in [-0.3, -0.25) is 4.57 Å². The first-order valence-corrected chi connectivity index (χ1v) is 11.1. The standard InChI is InChI=1S/C22H18ClN3O2S/c1-15-6-12-18(13-7-15)29(27,28)25-14-21(16-8-10-17(23)11-9-16)26-20-5-3-2-4-19(20)24-22(25)26/h2-13,21H,14H2,1H3/t21-/m1/s1. The number of aryl methyl sites for hydroxylation is 1. The van der Waals surface area contributed by atoms with Gasteiger partial charge >= 0.3 is 0 Å². The van der Waals surface area contributed by atoms with Crippen LogP contribution in [0.3, 0.4) is 0 Å². The fourth-order valence-corrected chi connectivity index (χ4v) is 5.36. The molecule has 0 N–H and O–H groups in total. The average Bonchev–Trinajstić information content (AvgIpc) is 3.26. The van der Waals surface area contributed by atoms with Crippen molar-refractivity contribution in [2.75, 3.05) is 10.8 Å². The molecule has 1 aliphatic heterocycles. The molecule has 5 rings (SSSR count). The van der Waals surface area contributed by atoms with Gasteiger partial charge in [-0.15, -0.1) is 0 Å². The van der Waals surface area contributed by atoms with Crippen LogP contribution in [0.5, 0.6) is 0 Å². The molecule has 1 aromatic heterocycles. The van der Waals surface area contributed by atoms with E-state index < -0.39 is 10.0 Å². The van der Waals surface area contributed by atoms with E-state index in [-0.39, 0.29) is 17.5 Å². The highest BCUT2D eigenvalue weighted by molar-refractivity contribution is 7.92. The Morgan fingerprint density at radius 1 is 0.966 bits per heavy atom. The highest BCUT2D eigenvalue weighted by Gasteiger charge is 2.39. The topological polar surface area (TPSA) is 55.2 Å². The maximum atomic E-state index is 13.5. The summed E-state index contributed by atoms with van der Waals surface area (Å²) in [6, 6.07) is 22.0. The lowest BCUT2D eigenvalue weighted by molar-refractivity contribution is 0.589. The largest absolute Gasteiger partial charge is 0.300 e. The van der Waals surface area contributed by atoms with Crippen LogP contribution in [0.25, 0.3) is 11.0 Å². The van der Waals surface area contributed by atoms with Gasteiger partial charge in [-0.25, -0.2) is 17.7 Å². The molecule has 1 atom stereocenters. The maximum absolute atomic E-state index is 13.5. The van der Waals surface area contributed by atoms with Crippen LogP contribution in [-0.2, 0) is 10.0 Å². The second-order valence-electron chi connectivity index (χ2n) is 7.19. The highest BCUT2D eigenvalue weighted by Crippen LogP contribution is 2.40. The van der Waals surface area contributed by atoms with Crippen molar-refractivity contribution < 1.29 is 8.42 Å². The third-order valence-electron chi connectivity index (χ3n) is 5.31. The summed E-state index contributed by atoms with van der Waals surface area (Å²) in [5.41, 5.74) is 3.67. The Hall–Kier alpha value is -2.83. The SMILES string of the molecule is Cc1ccc(S(=O)(=O)N2C[C@H](c3ccc(Cl)cc3)n3c2nc2ccccc23)cc1. The van der Waals surface area contributed by atoms with Gasteiger partial charge in [0.1, 0.15) is 0 Å². The molecule has 2 heterocycles. The first-order chi connectivity index (χ1) is 13.9. The van der Waals surface area contributed by atoms with Crippen molar-refractivity contribution in [2.24, 2.45) is 0 Å². The number of hydrogen-bond acceptors (Lipinski definition) is 3. The second-order valence-corrected chi connectivity index (χ2v) is 9.49. The molecule has 146 valence electrons. The molecule has 1 aliphatic rings. The van der Waals surface area contributed by atoms with Crippen molar-refractivity contribution in [3.05, 3.63) is 88.9 Å². The lowest BCUT2D eigenvalue weighted by Crippen LogP contribution is -2.30. The lowest BCUT2D eigenvalue weighted by atomic mass is 10.1. The maximum Gasteiger partial charge on any atom is 0.266 e. The Morgan fingerprint density at radius 2 is 1.66 bits per heavy atom. The fourth-order valence-electron chi connectivity index (χ4n) is 3.82. The molecule has 5 nitrogen and oxygen atoms in total. The number of fused-ring (bicyclic) bond motifs is 3. The molecule has 0 radical (unpaired) electrons. The van der Waals surface area contributed by atoms with Crippen molar-refractivity contribution in [1.82, 2.24) is 9.55 Å². The zero-order chi connectivity index (χ0) is 20.2. The van der Waals surface area contributed by atoms with E-state index in [0.717, 1.165) is 22.2 Å². The number of para-hydroxylation sites is 2. The van der Waals surface area contributed by atoms with Crippen LogP contribution in [0.4, 0.5) is 5.95 Å². The van der Waals surface area contributed by atoms with Gasteiger partial charge in [-0.1, -0.05) is 53.6 Å². The van der Waals surface area contributed by atoms with Crippen LogP contribution in [-0.4, -0.2) is 24.5 Å². The molecule has 0 amide bonds. The zero-order valence-electron chi connectivity index (χ0n) is 15.7. The molecule has 0 saturated carbocycles. The highest BCUT2D eigenvalue weighted by atomic mass is 35.5. The number of benzene rings is 3. The first-order valence-electron chi connectivity index (χ1n) is 9.27. The van der Waals surface area contributed by atoms with Crippen LogP contribution in [0.2, 0.25) is 5.02 Å². The molecule has 0 fully saturated rings. The van der Waals surface area contributed by atoms with E-state index in [2.05, 4.69) is 4.98 Å².